The molecule has 0 spiro atoms. The summed E-state index contributed by atoms with van der Waals surface area (Å²) in [4.78, 5) is 22.3. The molecule has 7 nitrogen and oxygen atoms in total. The van der Waals surface area contributed by atoms with Crippen molar-refractivity contribution in [2.24, 2.45) is 0 Å². The second kappa shape index (κ2) is 6.67. The Bertz CT molecular complexity index is 650. The highest BCUT2D eigenvalue weighted by molar-refractivity contribution is 5.91. The molecular weight excluding hydrogens is 276 g/mol. The van der Waals surface area contributed by atoms with E-state index in [1.54, 1.807) is 24.3 Å². The lowest BCUT2D eigenvalue weighted by molar-refractivity contribution is -0.385. The van der Waals surface area contributed by atoms with E-state index in [1.807, 2.05) is 0 Å². The van der Waals surface area contributed by atoms with Gasteiger partial charge < -0.3 is 14.5 Å². The number of para-hydroxylation sites is 1. The third-order valence-corrected chi connectivity index (χ3v) is 2.80. The van der Waals surface area contributed by atoms with Gasteiger partial charge >= 0.3 is 0 Å². The Morgan fingerprint density at radius 1 is 1.33 bits per heavy atom. The number of hydrogen-bond donors (Lipinski definition) is 1. The van der Waals surface area contributed by atoms with Gasteiger partial charge in [-0.15, -0.1) is 0 Å². The van der Waals surface area contributed by atoms with Gasteiger partial charge in [0.15, 0.2) is 5.76 Å². The number of hydrogen-bond acceptors (Lipinski definition) is 5. The summed E-state index contributed by atoms with van der Waals surface area (Å²) in [5.74, 6) is 0.240. The van der Waals surface area contributed by atoms with Crippen LogP contribution in [0.5, 0.6) is 0 Å². The molecule has 21 heavy (non-hydrogen) atoms. The number of methoxy groups -OCH3 is 1. The van der Waals surface area contributed by atoms with Crippen LogP contribution in [-0.2, 0) is 17.9 Å². The highest BCUT2D eigenvalue weighted by Crippen LogP contribution is 2.17. The first-order valence-electron chi connectivity index (χ1n) is 6.20. The first kappa shape index (κ1) is 14.7. The summed E-state index contributed by atoms with van der Waals surface area (Å²) in [6, 6.07) is 9.42. The number of carbonyl (C=O) groups is 1. The number of amides is 1. The fourth-order valence-corrected chi connectivity index (χ4v) is 1.82. The SMILES string of the molecule is COCc1ccc(C(=O)NCc2ccccc2[N+](=O)[O-])o1. The van der Waals surface area contributed by atoms with E-state index < -0.39 is 10.8 Å². The van der Waals surface area contributed by atoms with Gasteiger partial charge in [-0.3, -0.25) is 14.9 Å². The fourth-order valence-electron chi connectivity index (χ4n) is 1.82. The van der Waals surface area contributed by atoms with Crippen LogP contribution < -0.4 is 5.32 Å². The van der Waals surface area contributed by atoms with Crippen LogP contribution in [0, 0.1) is 10.1 Å². The molecule has 0 bridgehead atoms. The Hall–Kier alpha value is -2.67. The van der Waals surface area contributed by atoms with Crippen LogP contribution in [0.25, 0.3) is 0 Å². The second-order valence-electron chi connectivity index (χ2n) is 4.27. The molecule has 0 atom stereocenters. The Morgan fingerprint density at radius 3 is 2.81 bits per heavy atom. The average molecular weight is 290 g/mol. The molecule has 0 fully saturated rings. The molecule has 7 heteroatoms. The molecule has 1 aromatic carbocycles. The molecule has 0 unspecified atom stereocenters. The van der Waals surface area contributed by atoms with Crippen LogP contribution in [-0.4, -0.2) is 17.9 Å². The Kier molecular flexibility index (Phi) is 4.68. The first-order valence-corrected chi connectivity index (χ1v) is 6.20. The largest absolute Gasteiger partial charge is 0.453 e. The van der Waals surface area contributed by atoms with Gasteiger partial charge in [0.05, 0.1) is 4.92 Å². The minimum atomic E-state index is -0.481. The van der Waals surface area contributed by atoms with Crippen molar-refractivity contribution in [1.29, 1.82) is 0 Å². The topological polar surface area (TPSA) is 94.6 Å². The first-order chi connectivity index (χ1) is 10.1. The molecule has 0 aliphatic carbocycles. The summed E-state index contributed by atoms with van der Waals surface area (Å²) >= 11 is 0. The third kappa shape index (κ3) is 3.67. The van der Waals surface area contributed by atoms with Crippen LogP contribution in [0.4, 0.5) is 5.69 Å². The molecular formula is C14H14N2O5. The highest BCUT2D eigenvalue weighted by atomic mass is 16.6. The molecule has 0 saturated heterocycles. The summed E-state index contributed by atoms with van der Waals surface area (Å²) in [5, 5.41) is 13.5. The molecule has 2 aromatic rings. The summed E-state index contributed by atoms with van der Waals surface area (Å²) in [7, 11) is 1.52. The van der Waals surface area contributed by atoms with E-state index in [0.29, 0.717) is 11.3 Å². The minimum Gasteiger partial charge on any atom is -0.453 e. The van der Waals surface area contributed by atoms with Crippen molar-refractivity contribution in [1.82, 2.24) is 5.32 Å². The van der Waals surface area contributed by atoms with Crippen LogP contribution in [0.2, 0.25) is 0 Å². The summed E-state index contributed by atoms with van der Waals surface area (Å²) in [6.45, 7) is 0.327. The van der Waals surface area contributed by atoms with Crippen molar-refractivity contribution < 1.29 is 18.9 Å². The number of carbonyl (C=O) groups excluding carboxylic acids is 1. The van der Waals surface area contributed by atoms with Gasteiger partial charge in [-0.25, -0.2) is 0 Å². The maximum absolute atomic E-state index is 11.9. The monoisotopic (exact) mass is 290 g/mol. The number of ether oxygens (including phenoxy) is 1. The summed E-state index contributed by atoms with van der Waals surface area (Å²) in [5.41, 5.74) is 0.400. The zero-order chi connectivity index (χ0) is 15.2. The molecule has 1 amide bonds. The predicted molar refractivity (Wildman–Crippen MR) is 73.7 cm³/mol. The molecule has 1 N–H and O–H groups in total. The van der Waals surface area contributed by atoms with Gasteiger partial charge in [0.1, 0.15) is 12.4 Å². The molecule has 0 aliphatic rings. The number of benzene rings is 1. The van der Waals surface area contributed by atoms with E-state index in [0.717, 1.165) is 0 Å². The molecule has 0 saturated carbocycles. The van der Waals surface area contributed by atoms with Crippen LogP contribution in [0.1, 0.15) is 21.9 Å². The van der Waals surface area contributed by atoms with Crippen LogP contribution in [0.15, 0.2) is 40.8 Å². The maximum Gasteiger partial charge on any atom is 0.287 e. The van der Waals surface area contributed by atoms with Crippen molar-refractivity contribution in [2.75, 3.05) is 7.11 Å². The highest BCUT2D eigenvalue weighted by Gasteiger charge is 2.15. The van der Waals surface area contributed by atoms with Gasteiger partial charge in [-0.1, -0.05) is 18.2 Å². The molecule has 2 rings (SSSR count). The van der Waals surface area contributed by atoms with Crippen molar-refractivity contribution in [3.05, 3.63) is 63.6 Å². The molecule has 0 aliphatic heterocycles. The quantitative estimate of drug-likeness (QED) is 0.650. The van der Waals surface area contributed by atoms with Gasteiger partial charge in [-0.2, -0.15) is 0 Å². The van der Waals surface area contributed by atoms with Gasteiger partial charge in [0.2, 0.25) is 0 Å². The molecule has 0 radical (unpaired) electrons. The van der Waals surface area contributed by atoms with Crippen molar-refractivity contribution in [3.8, 4) is 0 Å². The number of nitrogens with one attached hydrogen (secondary N) is 1. The van der Waals surface area contributed by atoms with E-state index in [9.17, 15) is 14.9 Å². The third-order valence-electron chi connectivity index (χ3n) is 2.80. The maximum atomic E-state index is 11.9. The molecule has 1 heterocycles. The number of nitrogens with zero attached hydrogens (tertiary/aromatic N) is 1. The normalized spacial score (nSPS) is 10.3. The van der Waals surface area contributed by atoms with E-state index >= 15 is 0 Å². The summed E-state index contributed by atoms with van der Waals surface area (Å²) in [6.07, 6.45) is 0. The van der Waals surface area contributed by atoms with E-state index in [2.05, 4.69) is 5.32 Å². The Balaban J connectivity index is 2.02. The number of furan rings is 1. The van der Waals surface area contributed by atoms with Crippen LogP contribution >= 0.6 is 0 Å². The summed E-state index contributed by atoms with van der Waals surface area (Å²) < 4.78 is 10.2. The van der Waals surface area contributed by atoms with E-state index in [-0.39, 0.29) is 24.6 Å². The lowest BCUT2D eigenvalue weighted by Crippen LogP contribution is -2.22. The van der Waals surface area contributed by atoms with E-state index in [4.69, 9.17) is 9.15 Å². The van der Waals surface area contributed by atoms with Crippen LogP contribution in [0.3, 0.4) is 0 Å². The Morgan fingerprint density at radius 2 is 2.10 bits per heavy atom. The van der Waals surface area contributed by atoms with E-state index in [1.165, 1.54) is 19.2 Å². The predicted octanol–water partition coefficient (Wildman–Crippen LogP) is 2.26. The van der Waals surface area contributed by atoms with Crippen molar-refractivity contribution in [2.45, 2.75) is 13.2 Å². The fraction of sp³-hybridized carbons (Fsp3) is 0.214. The minimum absolute atomic E-state index is 0.0303. The van der Waals surface area contributed by atoms with Crippen molar-refractivity contribution in [3.63, 3.8) is 0 Å². The number of nitro groups is 1. The zero-order valence-corrected chi connectivity index (χ0v) is 11.4. The van der Waals surface area contributed by atoms with Crippen molar-refractivity contribution >= 4 is 11.6 Å². The lowest BCUT2D eigenvalue weighted by atomic mass is 10.2. The Labute approximate surface area is 120 Å². The van der Waals surface area contributed by atoms with Gasteiger partial charge in [-0.05, 0) is 12.1 Å². The second-order valence-corrected chi connectivity index (χ2v) is 4.27. The molecule has 1 aromatic heterocycles. The van der Waals surface area contributed by atoms with Gasteiger partial charge in [0.25, 0.3) is 11.6 Å². The smallest absolute Gasteiger partial charge is 0.287 e. The zero-order valence-electron chi connectivity index (χ0n) is 11.4. The lowest BCUT2D eigenvalue weighted by Gasteiger charge is -2.04. The number of rotatable bonds is 6. The van der Waals surface area contributed by atoms with Gasteiger partial charge in [0, 0.05) is 25.3 Å². The molecule has 110 valence electrons. The average Bonchev–Trinajstić information content (AvgIpc) is 2.94. The standard InChI is InChI=1S/C14H14N2O5/c1-20-9-11-6-7-13(21-11)14(17)15-8-10-4-2-3-5-12(10)16(18)19/h2-7H,8-9H2,1H3,(H,15,17). The number of nitro benzene ring substituents is 1.